The summed E-state index contributed by atoms with van der Waals surface area (Å²) in [5.41, 5.74) is 1.33. The number of nitrogens with zero attached hydrogens (tertiary/aromatic N) is 1. The normalized spacial score (nSPS) is 16.8. The fraction of sp³-hybridized carbons (Fsp3) is 0.233. The molecule has 2 aliphatic rings. The molecule has 1 unspecified atom stereocenters. The van der Waals surface area contributed by atoms with Crippen LogP contribution in [0.25, 0.3) is 10.6 Å². The van der Waals surface area contributed by atoms with E-state index in [1.807, 2.05) is 24.3 Å². The number of hydrogen-bond donors (Lipinski definition) is 3. The molecule has 42 heavy (non-hydrogen) atoms. The van der Waals surface area contributed by atoms with E-state index < -0.39 is 21.7 Å². The molecule has 0 radical (unpaired) electrons. The minimum Gasteiger partial charge on any atom is -0.494 e. The first kappa shape index (κ1) is 29.7. The maximum atomic E-state index is 13.2. The van der Waals surface area contributed by atoms with Crippen molar-refractivity contribution in [1.29, 1.82) is 0 Å². The summed E-state index contributed by atoms with van der Waals surface area (Å²) < 4.78 is 32.2. The summed E-state index contributed by atoms with van der Waals surface area (Å²) in [6.07, 6.45) is 5.16. The van der Waals surface area contributed by atoms with Gasteiger partial charge in [0.25, 0.3) is 11.8 Å². The topological polar surface area (TPSA) is 126 Å². The van der Waals surface area contributed by atoms with Crippen LogP contribution in [0.1, 0.15) is 44.9 Å². The molecule has 0 bridgehead atoms. The van der Waals surface area contributed by atoms with Crippen molar-refractivity contribution in [2.75, 3.05) is 18.5 Å². The summed E-state index contributed by atoms with van der Waals surface area (Å²) in [7, 11) is -3.94. The molecule has 0 aliphatic carbocycles. The smallest absolute Gasteiger partial charge is 0.257 e. The summed E-state index contributed by atoms with van der Waals surface area (Å²) >= 11 is 1.47. The highest BCUT2D eigenvalue weighted by Gasteiger charge is 2.31. The lowest BCUT2D eigenvalue weighted by Crippen LogP contribution is -2.23. The molecule has 6 rings (SSSR count). The first-order valence-corrected chi connectivity index (χ1v) is 15.7. The third-order valence-corrected chi connectivity index (χ3v) is 10.1. The molecular formula is C30H29ClN4O5S2. The van der Waals surface area contributed by atoms with Crippen molar-refractivity contribution in [3.05, 3.63) is 88.9 Å². The molecule has 3 heterocycles. The van der Waals surface area contributed by atoms with E-state index in [2.05, 4.69) is 20.9 Å². The molecule has 2 aliphatic heterocycles. The van der Waals surface area contributed by atoms with Gasteiger partial charge in [-0.2, -0.15) is 0 Å². The van der Waals surface area contributed by atoms with Crippen LogP contribution >= 0.6 is 23.7 Å². The molecule has 3 N–H and O–H groups in total. The number of rotatable bonds is 8. The first-order chi connectivity index (χ1) is 19.9. The van der Waals surface area contributed by atoms with Gasteiger partial charge < -0.3 is 20.7 Å². The Morgan fingerprint density at radius 3 is 2.67 bits per heavy atom. The molecule has 1 aromatic heterocycles. The van der Waals surface area contributed by atoms with Gasteiger partial charge in [0, 0.05) is 28.2 Å². The third kappa shape index (κ3) is 6.19. The largest absolute Gasteiger partial charge is 0.494 e. The Morgan fingerprint density at radius 2 is 1.88 bits per heavy atom. The van der Waals surface area contributed by atoms with Gasteiger partial charge in [0.1, 0.15) is 10.8 Å². The Morgan fingerprint density at radius 1 is 1.07 bits per heavy atom. The second-order valence-electron chi connectivity index (χ2n) is 9.93. The molecule has 218 valence electrons. The van der Waals surface area contributed by atoms with Crippen LogP contribution in [0.3, 0.4) is 0 Å². The van der Waals surface area contributed by atoms with Crippen molar-refractivity contribution in [3.8, 4) is 16.3 Å². The van der Waals surface area contributed by atoms with Crippen molar-refractivity contribution in [3.63, 3.8) is 0 Å². The zero-order valence-corrected chi connectivity index (χ0v) is 24.9. The van der Waals surface area contributed by atoms with Gasteiger partial charge in [-0.05, 0) is 80.4 Å². The number of carbonyl (C=O) groups is 2. The quantitative estimate of drug-likeness (QED) is 0.249. The molecule has 9 nitrogen and oxygen atoms in total. The average molecular weight is 625 g/mol. The summed E-state index contributed by atoms with van der Waals surface area (Å²) in [5, 5.41) is 9.79. The first-order valence-electron chi connectivity index (χ1n) is 13.4. The maximum absolute atomic E-state index is 13.2. The van der Waals surface area contributed by atoms with Gasteiger partial charge >= 0.3 is 0 Å². The lowest BCUT2D eigenvalue weighted by Gasteiger charge is -2.11. The van der Waals surface area contributed by atoms with Crippen molar-refractivity contribution in [1.82, 2.24) is 15.6 Å². The SMILES string of the molecule is Cl.O=C(NCc1cnc(-c2ccc(OCCC3CCCN3)cc2)s1)c1ccc2c(c1)NC(=O)c1ccccc1S2(=O)=O. The fourth-order valence-electron chi connectivity index (χ4n) is 5.01. The zero-order chi connectivity index (χ0) is 28.4. The van der Waals surface area contributed by atoms with Crippen molar-refractivity contribution in [2.45, 2.75) is 41.6 Å². The number of nitrogens with one attached hydrogen (secondary N) is 3. The van der Waals surface area contributed by atoms with Crippen LogP contribution in [0.2, 0.25) is 0 Å². The Kier molecular flexibility index (Phi) is 8.93. The number of thiazole rings is 1. The number of sulfone groups is 1. The Hall–Kier alpha value is -3.77. The Labute approximate surface area is 254 Å². The van der Waals surface area contributed by atoms with Crippen LogP contribution in [0.15, 0.2) is 82.7 Å². The molecule has 4 aromatic rings. The van der Waals surface area contributed by atoms with Crippen LogP contribution < -0.4 is 20.7 Å². The number of fused-ring (bicyclic) bond motifs is 2. The van der Waals surface area contributed by atoms with E-state index in [1.165, 1.54) is 54.5 Å². The summed E-state index contributed by atoms with van der Waals surface area (Å²) in [4.78, 5) is 30.9. The van der Waals surface area contributed by atoms with Crippen LogP contribution in [0, 0.1) is 0 Å². The van der Waals surface area contributed by atoms with Crippen molar-refractivity contribution in [2.24, 2.45) is 0 Å². The standard InChI is InChI=1S/C30H28N4O5S2.ClH/c35-28(20-9-12-27-25(16-20)34-29(36)24-5-1-2-6-26(24)41(27,37)38)32-17-23-18-33-30(40-23)19-7-10-22(11-8-19)39-15-13-21-4-3-14-31-21;/h1-2,5-12,16,18,21,31H,3-4,13-15,17H2,(H,32,35)(H,34,36);1H. The predicted molar refractivity (Wildman–Crippen MR) is 163 cm³/mol. The van der Waals surface area contributed by atoms with E-state index in [0.717, 1.165) is 34.2 Å². The highest BCUT2D eigenvalue weighted by Crippen LogP contribution is 2.34. The van der Waals surface area contributed by atoms with Gasteiger partial charge in [0.2, 0.25) is 9.84 Å². The van der Waals surface area contributed by atoms with Gasteiger partial charge in [-0.25, -0.2) is 13.4 Å². The number of halogens is 1. The predicted octanol–water partition coefficient (Wildman–Crippen LogP) is 5.08. The van der Waals surface area contributed by atoms with Gasteiger partial charge in [-0.1, -0.05) is 12.1 Å². The molecule has 0 spiro atoms. The molecule has 1 saturated heterocycles. The Balaban J connectivity index is 0.00000353. The molecule has 1 atom stereocenters. The van der Waals surface area contributed by atoms with Crippen LogP contribution in [0.5, 0.6) is 5.75 Å². The number of ether oxygens (including phenoxy) is 1. The summed E-state index contributed by atoms with van der Waals surface area (Å²) in [6.45, 7) is 2.02. The van der Waals surface area contributed by atoms with Gasteiger partial charge in [0.15, 0.2) is 0 Å². The number of hydrogen-bond acceptors (Lipinski definition) is 8. The number of anilines is 1. The molecule has 2 amide bonds. The lowest BCUT2D eigenvalue weighted by molar-refractivity contribution is 0.0949. The van der Waals surface area contributed by atoms with E-state index in [4.69, 9.17) is 4.74 Å². The van der Waals surface area contributed by atoms with E-state index in [1.54, 1.807) is 18.3 Å². The van der Waals surface area contributed by atoms with Gasteiger partial charge in [-0.3, -0.25) is 9.59 Å². The molecule has 0 saturated carbocycles. The van der Waals surface area contributed by atoms with Gasteiger partial charge in [0.05, 0.1) is 34.2 Å². The number of carbonyl (C=O) groups excluding carboxylic acids is 2. The summed E-state index contributed by atoms with van der Waals surface area (Å²) in [6, 6.07) is 18.6. The van der Waals surface area contributed by atoms with E-state index in [0.29, 0.717) is 12.6 Å². The highest BCUT2D eigenvalue weighted by molar-refractivity contribution is 7.91. The zero-order valence-electron chi connectivity index (χ0n) is 22.5. The second kappa shape index (κ2) is 12.6. The van der Waals surface area contributed by atoms with E-state index in [-0.39, 0.29) is 45.6 Å². The monoisotopic (exact) mass is 624 g/mol. The second-order valence-corrected chi connectivity index (χ2v) is 12.9. The summed E-state index contributed by atoms with van der Waals surface area (Å²) in [5.74, 6) is -0.117. The van der Waals surface area contributed by atoms with Crippen molar-refractivity contribution < 1.29 is 22.7 Å². The number of aromatic nitrogens is 1. The Bertz CT molecular complexity index is 1720. The number of benzene rings is 3. The van der Waals surface area contributed by atoms with E-state index >= 15 is 0 Å². The maximum Gasteiger partial charge on any atom is 0.257 e. The molecular weight excluding hydrogens is 596 g/mol. The van der Waals surface area contributed by atoms with Crippen LogP contribution in [0.4, 0.5) is 5.69 Å². The van der Waals surface area contributed by atoms with E-state index in [9.17, 15) is 18.0 Å². The minimum atomic E-state index is -3.94. The van der Waals surface area contributed by atoms with Crippen LogP contribution in [-0.2, 0) is 16.4 Å². The number of amides is 2. The third-order valence-electron chi connectivity index (χ3n) is 7.18. The minimum absolute atomic E-state index is 0. The fourth-order valence-corrected chi connectivity index (χ4v) is 7.46. The molecule has 1 fully saturated rings. The molecule has 3 aromatic carbocycles. The average Bonchev–Trinajstić information content (AvgIpc) is 3.67. The molecule has 12 heteroatoms. The van der Waals surface area contributed by atoms with Crippen LogP contribution in [-0.4, -0.2) is 44.4 Å². The highest BCUT2D eigenvalue weighted by atomic mass is 35.5. The van der Waals surface area contributed by atoms with Gasteiger partial charge in [-0.15, -0.1) is 23.7 Å². The lowest BCUT2D eigenvalue weighted by atomic mass is 10.1. The van der Waals surface area contributed by atoms with Crippen molar-refractivity contribution >= 4 is 51.1 Å².